The van der Waals surface area contributed by atoms with E-state index < -0.39 is 5.54 Å². The average molecular weight is 204 g/mol. The fraction of sp³-hybridized carbons (Fsp3) is 0.889. The summed E-state index contributed by atoms with van der Waals surface area (Å²) < 4.78 is 0. The van der Waals surface area contributed by atoms with Crippen LogP contribution in [0.25, 0.3) is 0 Å². The van der Waals surface area contributed by atoms with E-state index in [9.17, 15) is 4.79 Å². The molecule has 0 aromatic rings. The highest BCUT2D eigenvalue weighted by Crippen LogP contribution is 2.08. The largest absolute Gasteiger partial charge is 0.394 e. The topological polar surface area (TPSA) is 95.6 Å². The van der Waals surface area contributed by atoms with Crippen LogP contribution in [0.5, 0.6) is 0 Å². The third-order valence-corrected chi connectivity index (χ3v) is 2.19. The molecular formula is C9H20N2O3. The van der Waals surface area contributed by atoms with Gasteiger partial charge in [-0.1, -0.05) is 6.92 Å². The molecule has 1 unspecified atom stereocenters. The van der Waals surface area contributed by atoms with Crippen LogP contribution in [0.3, 0.4) is 0 Å². The van der Waals surface area contributed by atoms with Crippen LogP contribution >= 0.6 is 0 Å². The SMILES string of the molecule is CCC(CO)(CO)NC(=O)CC(C)N. The van der Waals surface area contributed by atoms with Gasteiger partial charge in [0.2, 0.25) is 5.91 Å². The lowest BCUT2D eigenvalue weighted by Gasteiger charge is -2.29. The minimum Gasteiger partial charge on any atom is -0.394 e. The smallest absolute Gasteiger partial charge is 0.222 e. The lowest BCUT2D eigenvalue weighted by molar-refractivity contribution is -0.124. The standard InChI is InChI=1S/C9H20N2O3/c1-3-9(5-12,6-13)11-8(14)4-7(2)10/h7,12-13H,3-6,10H2,1-2H3,(H,11,14). The maximum atomic E-state index is 11.3. The lowest BCUT2D eigenvalue weighted by atomic mass is 9.98. The summed E-state index contributed by atoms with van der Waals surface area (Å²) in [6.07, 6.45) is 0.673. The van der Waals surface area contributed by atoms with E-state index >= 15 is 0 Å². The number of amides is 1. The van der Waals surface area contributed by atoms with Gasteiger partial charge in [-0.05, 0) is 13.3 Å². The molecule has 5 nitrogen and oxygen atoms in total. The van der Waals surface area contributed by atoms with Crippen molar-refractivity contribution in [1.29, 1.82) is 0 Å². The van der Waals surface area contributed by atoms with Crippen molar-refractivity contribution in [3.63, 3.8) is 0 Å². The second-order valence-corrected chi connectivity index (χ2v) is 3.68. The van der Waals surface area contributed by atoms with Crippen molar-refractivity contribution in [1.82, 2.24) is 5.32 Å². The third kappa shape index (κ3) is 4.04. The molecule has 0 spiro atoms. The molecule has 0 rings (SSSR count). The number of carbonyl (C=O) groups is 1. The van der Waals surface area contributed by atoms with Crippen molar-refractivity contribution in [2.24, 2.45) is 5.73 Å². The van der Waals surface area contributed by atoms with Crippen molar-refractivity contribution in [2.45, 2.75) is 38.3 Å². The molecule has 0 aliphatic heterocycles. The number of aliphatic hydroxyl groups is 2. The zero-order chi connectivity index (χ0) is 11.2. The number of nitrogens with one attached hydrogen (secondary N) is 1. The van der Waals surface area contributed by atoms with Crippen LogP contribution in [-0.4, -0.2) is 40.9 Å². The van der Waals surface area contributed by atoms with Crippen molar-refractivity contribution >= 4 is 5.91 Å². The zero-order valence-corrected chi connectivity index (χ0v) is 8.79. The summed E-state index contributed by atoms with van der Waals surface area (Å²) in [4.78, 5) is 11.3. The summed E-state index contributed by atoms with van der Waals surface area (Å²) in [7, 11) is 0. The molecule has 0 aromatic carbocycles. The molecule has 5 heteroatoms. The first kappa shape index (κ1) is 13.4. The molecule has 0 fully saturated rings. The Kier molecular flexibility index (Phi) is 5.68. The molecule has 0 saturated heterocycles. The first-order valence-electron chi connectivity index (χ1n) is 4.78. The van der Waals surface area contributed by atoms with E-state index in [1.165, 1.54) is 0 Å². The van der Waals surface area contributed by atoms with E-state index in [2.05, 4.69) is 5.32 Å². The van der Waals surface area contributed by atoms with Crippen LogP contribution in [0.15, 0.2) is 0 Å². The van der Waals surface area contributed by atoms with Gasteiger partial charge in [0, 0.05) is 12.5 Å². The number of carbonyl (C=O) groups excluding carboxylic acids is 1. The molecule has 5 N–H and O–H groups in total. The Morgan fingerprint density at radius 1 is 1.50 bits per heavy atom. The second-order valence-electron chi connectivity index (χ2n) is 3.68. The maximum Gasteiger partial charge on any atom is 0.222 e. The number of aliphatic hydroxyl groups excluding tert-OH is 2. The summed E-state index contributed by atoms with van der Waals surface area (Å²) in [5.41, 5.74) is 4.54. The molecule has 0 saturated carbocycles. The molecular weight excluding hydrogens is 184 g/mol. The van der Waals surface area contributed by atoms with Crippen molar-refractivity contribution in [3.8, 4) is 0 Å². The van der Waals surface area contributed by atoms with Crippen molar-refractivity contribution in [3.05, 3.63) is 0 Å². The molecule has 14 heavy (non-hydrogen) atoms. The number of rotatable bonds is 6. The predicted molar refractivity (Wildman–Crippen MR) is 53.6 cm³/mol. The molecule has 0 aliphatic rings. The monoisotopic (exact) mass is 204 g/mol. The van der Waals surface area contributed by atoms with Gasteiger partial charge in [0.05, 0.1) is 18.8 Å². The first-order chi connectivity index (χ1) is 6.49. The molecule has 0 radical (unpaired) electrons. The molecule has 0 aliphatic carbocycles. The summed E-state index contributed by atoms with van der Waals surface area (Å²) in [6.45, 7) is 2.97. The van der Waals surface area contributed by atoms with Gasteiger partial charge >= 0.3 is 0 Å². The second kappa shape index (κ2) is 5.95. The Bertz CT molecular complexity index is 171. The molecule has 1 atom stereocenters. The van der Waals surface area contributed by atoms with E-state index in [0.717, 1.165) is 0 Å². The van der Waals surface area contributed by atoms with E-state index in [1.807, 2.05) is 0 Å². The van der Waals surface area contributed by atoms with Crippen molar-refractivity contribution < 1.29 is 15.0 Å². The Morgan fingerprint density at radius 2 is 2.00 bits per heavy atom. The summed E-state index contributed by atoms with van der Waals surface area (Å²) in [5.74, 6) is -0.245. The normalized spacial score (nSPS) is 13.8. The Morgan fingerprint density at radius 3 is 2.29 bits per heavy atom. The third-order valence-electron chi connectivity index (χ3n) is 2.19. The Hall–Kier alpha value is -0.650. The van der Waals surface area contributed by atoms with E-state index in [-0.39, 0.29) is 31.6 Å². The molecule has 84 valence electrons. The lowest BCUT2D eigenvalue weighted by Crippen LogP contribution is -2.54. The van der Waals surface area contributed by atoms with Gasteiger partial charge < -0.3 is 21.3 Å². The molecule has 0 heterocycles. The van der Waals surface area contributed by atoms with Gasteiger partial charge in [0.15, 0.2) is 0 Å². The first-order valence-corrected chi connectivity index (χ1v) is 4.78. The van der Waals surface area contributed by atoms with Crippen LogP contribution in [0.1, 0.15) is 26.7 Å². The van der Waals surface area contributed by atoms with E-state index in [0.29, 0.717) is 6.42 Å². The van der Waals surface area contributed by atoms with Gasteiger partial charge in [-0.25, -0.2) is 0 Å². The van der Waals surface area contributed by atoms with E-state index in [1.54, 1.807) is 13.8 Å². The van der Waals surface area contributed by atoms with Gasteiger partial charge in [0.1, 0.15) is 0 Å². The highest BCUT2D eigenvalue weighted by molar-refractivity contribution is 5.77. The summed E-state index contributed by atoms with van der Waals surface area (Å²) in [5, 5.41) is 20.7. The average Bonchev–Trinajstić information content (AvgIpc) is 2.13. The number of hydrogen-bond acceptors (Lipinski definition) is 4. The zero-order valence-electron chi connectivity index (χ0n) is 8.79. The minimum absolute atomic E-state index is 0.196. The minimum atomic E-state index is -0.911. The van der Waals surface area contributed by atoms with Gasteiger partial charge in [-0.3, -0.25) is 4.79 Å². The van der Waals surface area contributed by atoms with Crippen molar-refractivity contribution in [2.75, 3.05) is 13.2 Å². The Labute approximate surface area is 84.3 Å². The van der Waals surface area contributed by atoms with Crippen LogP contribution in [-0.2, 0) is 4.79 Å². The molecule has 0 aromatic heterocycles. The fourth-order valence-corrected chi connectivity index (χ4v) is 1.08. The highest BCUT2D eigenvalue weighted by Gasteiger charge is 2.28. The van der Waals surface area contributed by atoms with Crippen LogP contribution in [0.4, 0.5) is 0 Å². The van der Waals surface area contributed by atoms with E-state index in [4.69, 9.17) is 15.9 Å². The predicted octanol–water partition coefficient (Wildman–Crippen LogP) is -1.03. The summed E-state index contributed by atoms with van der Waals surface area (Å²) in [6, 6.07) is -0.220. The molecule has 1 amide bonds. The van der Waals surface area contributed by atoms with Gasteiger partial charge in [-0.2, -0.15) is 0 Å². The van der Waals surface area contributed by atoms with Gasteiger partial charge in [-0.15, -0.1) is 0 Å². The molecule has 0 bridgehead atoms. The van der Waals surface area contributed by atoms with Gasteiger partial charge in [0.25, 0.3) is 0 Å². The number of hydrogen-bond donors (Lipinski definition) is 4. The quantitative estimate of drug-likeness (QED) is 0.445. The van der Waals surface area contributed by atoms with Crippen LogP contribution < -0.4 is 11.1 Å². The van der Waals surface area contributed by atoms with Crippen LogP contribution in [0, 0.1) is 0 Å². The maximum absolute atomic E-state index is 11.3. The Balaban J connectivity index is 4.22. The number of nitrogens with two attached hydrogens (primary N) is 1. The summed E-state index contributed by atoms with van der Waals surface area (Å²) >= 11 is 0. The fourth-order valence-electron chi connectivity index (χ4n) is 1.08. The highest BCUT2D eigenvalue weighted by atomic mass is 16.3. The van der Waals surface area contributed by atoms with Crippen LogP contribution in [0.2, 0.25) is 0 Å².